The van der Waals surface area contributed by atoms with E-state index in [1.54, 1.807) is 25.9 Å². The average molecular weight is 565 g/mol. The van der Waals surface area contributed by atoms with E-state index in [4.69, 9.17) is 9.72 Å². The summed E-state index contributed by atoms with van der Waals surface area (Å²) in [5.74, 6) is -0.624. The zero-order valence-corrected chi connectivity index (χ0v) is 25.1. The van der Waals surface area contributed by atoms with E-state index >= 15 is 0 Å². The van der Waals surface area contributed by atoms with Crippen LogP contribution in [0.1, 0.15) is 42.1 Å². The highest BCUT2D eigenvalue weighted by Crippen LogP contribution is 2.36. The lowest BCUT2D eigenvalue weighted by Gasteiger charge is -2.35. The molecule has 0 saturated carbocycles. The Morgan fingerprint density at radius 3 is 2.77 bits per heavy atom. The fourth-order valence-corrected chi connectivity index (χ4v) is 8.39. The number of aliphatic hydroxyl groups is 2. The molecule has 214 valence electrons. The molecule has 0 saturated heterocycles. The predicted molar refractivity (Wildman–Crippen MR) is 156 cm³/mol. The van der Waals surface area contributed by atoms with Gasteiger partial charge in [0, 0.05) is 40.7 Å². The maximum Gasteiger partial charge on any atom is 0.342 e. The lowest BCUT2D eigenvalue weighted by atomic mass is 9.80. The van der Waals surface area contributed by atoms with Gasteiger partial charge >= 0.3 is 12.0 Å². The zero-order valence-electron chi connectivity index (χ0n) is 24.1. The number of aliphatic hydroxyl groups excluding tert-OH is 1. The van der Waals surface area contributed by atoms with Crippen LogP contribution < -0.4 is 16.1 Å². The van der Waals surface area contributed by atoms with Gasteiger partial charge in [0.05, 0.1) is 12.2 Å². The molecule has 0 spiro atoms. The molecule has 1 aromatic heterocycles. The van der Waals surface area contributed by atoms with Gasteiger partial charge in [0.25, 0.3) is 0 Å². The molecule has 9 nitrogen and oxygen atoms in total. The smallest absolute Gasteiger partial charge is 0.342 e. The number of nitrogens with one attached hydrogen (secondary N) is 1. The average Bonchev–Trinajstić information content (AvgIpc) is 3.28. The summed E-state index contributed by atoms with van der Waals surface area (Å²) in [7, 11) is 2.03. The standard InChI is InChI=1S/C30H40N4O5Si/c1-6-30(38)23-16-24-26(27(35)22(23)18-39-28(30)36)34-17-21-19(9-7-10-20(21)15-25(34)32-24)11-14-40(4,5)13-8-12-31-29(37)33(2)3/h7,9-10,15,35,38H,6,8,11-14,16-18H2,1-5H3,(H,31,37). The number of aryl methyl sites for hydroxylation is 1. The van der Waals surface area contributed by atoms with Gasteiger partial charge in [-0.15, -0.1) is 0 Å². The lowest BCUT2D eigenvalue weighted by molar-refractivity contribution is -0.163. The Hall–Kier alpha value is -3.37. The highest BCUT2D eigenvalue weighted by atomic mass is 28.3. The summed E-state index contributed by atoms with van der Waals surface area (Å²) >= 11 is 0. The number of urea groups is 1. The number of hydrogen-bond acceptors (Lipinski definition) is 6. The molecular weight excluding hydrogens is 524 g/mol. The van der Waals surface area contributed by atoms with Crippen molar-refractivity contribution in [1.29, 1.82) is 0 Å². The van der Waals surface area contributed by atoms with Crippen LogP contribution in [-0.2, 0) is 28.9 Å². The van der Waals surface area contributed by atoms with Crippen LogP contribution in [0.5, 0.6) is 0 Å². The van der Waals surface area contributed by atoms with Crippen LogP contribution in [0.2, 0.25) is 25.2 Å². The number of nitrogens with zero attached hydrogens (tertiary/aromatic N) is 3. The Kier molecular flexibility index (Phi) is 7.43. The highest BCUT2D eigenvalue weighted by molar-refractivity contribution is 6.77. The molecule has 0 radical (unpaired) electrons. The second-order valence-corrected chi connectivity index (χ2v) is 17.5. The third-order valence-electron chi connectivity index (χ3n) is 8.68. The first-order valence-corrected chi connectivity index (χ1v) is 17.6. The molecule has 3 N–H and O–H groups in total. The van der Waals surface area contributed by atoms with Crippen molar-refractivity contribution in [2.75, 3.05) is 27.2 Å². The molecule has 10 heteroatoms. The van der Waals surface area contributed by atoms with Crippen LogP contribution in [0.3, 0.4) is 0 Å². The molecule has 5 rings (SSSR count). The third-order valence-corrected chi connectivity index (χ3v) is 12.0. The molecule has 2 aromatic rings. The van der Waals surface area contributed by atoms with E-state index in [0.717, 1.165) is 36.0 Å². The lowest BCUT2D eigenvalue weighted by Crippen LogP contribution is -2.49. The topological polar surface area (TPSA) is 117 Å². The Labute approximate surface area is 235 Å². The van der Waals surface area contributed by atoms with Crippen LogP contribution in [0.25, 0.3) is 11.8 Å². The van der Waals surface area contributed by atoms with Crippen molar-refractivity contribution >= 4 is 31.9 Å². The maximum absolute atomic E-state index is 12.4. The Bertz CT molecular complexity index is 1520. The summed E-state index contributed by atoms with van der Waals surface area (Å²) in [4.78, 5) is 30.6. The number of esters is 1. The molecule has 3 aliphatic rings. The van der Waals surface area contributed by atoms with Crippen LogP contribution in [-0.4, -0.2) is 77.6 Å². The molecule has 2 aliphatic heterocycles. The van der Waals surface area contributed by atoms with Crippen LogP contribution in [0.15, 0.2) is 29.3 Å². The molecule has 0 bridgehead atoms. The van der Waals surface area contributed by atoms with E-state index in [1.165, 1.54) is 11.1 Å². The van der Waals surface area contributed by atoms with Gasteiger partial charge in [-0.05, 0) is 47.6 Å². The third kappa shape index (κ3) is 4.98. The molecular formula is C30H40N4O5Si. The van der Waals surface area contributed by atoms with Crippen molar-refractivity contribution in [2.45, 2.75) is 69.9 Å². The van der Waals surface area contributed by atoms with Crippen molar-refractivity contribution in [3.63, 3.8) is 0 Å². The predicted octanol–water partition coefficient (Wildman–Crippen LogP) is 2.20. The van der Waals surface area contributed by atoms with Gasteiger partial charge in [-0.3, -0.25) is 0 Å². The van der Waals surface area contributed by atoms with Crippen molar-refractivity contribution < 1.29 is 24.5 Å². The van der Waals surface area contributed by atoms with Crippen molar-refractivity contribution in [3.8, 4) is 0 Å². The number of fused-ring (bicyclic) bond motifs is 4. The number of hydrogen-bond donors (Lipinski definition) is 3. The van der Waals surface area contributed by atoms with E-state index in [0.29, 0.717) is 41.7 Å². The van der Waals surface area contributed by atoms with E-state index in [1.807, 2.05) is 0 Å². The highest BCUT2D eigenvalue weighted by Gasteiger charge is 2.47. The van der Waals surface area contributed by atoms with Crippen molar-refractivity contribution in [2.24, 2.45) is 0 Å². The number of rotatable bonds is 8. The van der Waals surface area contributed by atoms with Crippen LogP contribution in [0.4, 0.5) is 4.79 Å². The number of carbonyl (C=O) groups is 2. The molecule has 1 aliphatic carbocycles. The first-order chi connectivity index (χ1) is 18.9. The first kappa shape index (κ1) is 28.2. The van der Waals surface area contributed by atoms with Gasteiger partial charge in [-0.25, -0.2) is 14.6 Å². The number of cyclic esters (lactones) is 1. The van der Waals surface area contributed by atoms with Gasteiger partial charge in [-0.2, -0.15) is 0 Å². The Balaban J connectivity index is 1.37. The molecule has 40 heavy (non-hydrogen) atoms. The van der Waals surface area contributed by atoms with Gasteiger partial charge < -0.3 is 29.7 Å². The van der Waals surface area contributed by atoms with Gasteiger partial charge in [0.2, 0.25) is 0 Å². The molecule has 1 unspecified atom stereocenters. The molecule has 3 heterocycles. The number of aromatic nitrogens is 2. The number of imidazole rings is 1. The van der Waals surface area contributed by atoms with Gasteiger partial charge in [0.15, 0.2) is 5.60 Å². The molecule has 2 amide bonds. The number of carbonyl (C=O) groups excluding carboxylic acids is 2. The number of ether oxygens (including phenoxy) is 1. The summed E-state index contributed by atoms with van der Waals surface area (Å²) in [6, 6.07) is 8.66. The molecule has 1 aromatic carbocycles. The summed E-state index contributed by atoms with van der Waals surface area (Å²) in [5, 5.41) is 26.1. The minimum Gasteiger partial charge on any atom is -0.505 e. The molecule has 0 fully saturated rings. The Morgan fingerprint density at radius 2 is 2.05 bits per heavy atom. The summed E-state index contributed by atoms with van der Waals surface area (Å²) < 4.78 is 7.33. The van der Waals surface area contributed by atoms with Gasteiger partial charge in [-0.1, -0.05) is 50.3 Å². The number of amides is 2. The normalized spacial score (nSPS) is 19.6. The second-order valence-electron chi connectivity index (χ2n) is 12.1. The zero-order chi connectivity index (χ0) is 28.8. The van der Waals surface area contributed by atoms with E-state index in [9.17, 15) is 19.8 Å². The summed E-state index contributed by atoms with van der Waals surface area (Å²) in [5.41, 5.74) is 4.38. The first-order valence-electron chi connectivity index (χ1n) is 14.1. The fourth-order valence-electron chi connectivity index (χ4n) is 6.06. The van der Waals surface area contributed by atoms with E-state index < -0.39 is 19.6 Å². The second kappa shape index (κ2) is 10.6. The SMILES string of the molecule is CCC1(O)C(=O)OCC2=C1Cc1nc3n(c1=C2O)Cc1c(cccc1CC[Si](C)(C)CCCNC(=O)N(C)C)C=3. The summed E-state index contributed by atoms with van der Waals surface area (Å²) in [6.07, 6.45) is 4.51. The van der Waals surface area contributed by atoms with Crippen LogP contribution >= 0.6 is 0 Å². The number of benzene rings is 1. The molecule has 1 atom stereocenters. The maximum atomic E-state index is 12.4. The minimum atomic E-state index is -1.74. The van der Waals surface area contributed by atoms with E-state index in [-0.39, 0.29) is 24.8 Å². The van der Waals surface area contributed by atoms with Gasteiger partial charge in [0.1, 0.15) is 23.2 Å². The minimum absolute atomic E-state index is 0.0404. The van der Waals surface area contributed by atoms with Crippen molar-refractivity contribution in [1.82, 2.24) is 19.8 Å². The van der Waals surface area contributed by atoms with Crippen LogP contribution in [0, 0.1) is 0 Å². The quantitative estimate of drug-likeness (QED) is 0.219. The van der Waals surface area contributed by atoms with E-state index in [2.05, 4.69) is 47.3 Å². The summed E-state index contributed by atoms with van der Waals surface area (Å²) in [6.45, 7) is 7.82. The largest absolute Gasteiger partial charge is 0.505 e. The van der Waals surface area contributed by atoms with Crippen molar-refractivity contribution in [3.05, 3.63) is 62.6 Å². The monoisotopic (exact) mass is 564 g/mol. The Morgan fingerprint density at radius 1 is 1.27 bits per heavy atom. The fraction of sp³-hybridized carbons (Fsp3) is 0.500.